The van der Waals surface area contributed by atoms with Crippen LogP contribution in [0, 0.1) is 5.82 Å². The number of carbonyl (C=O) groups excluding carboxylic acids is 1. The van der Waals surface area contributed by atoms with Gasteiger partial charge in [-0.05, 0) is 13.0 Å². The number of hydrogen-bond donors (Lipinski definition) is 1. The van der Waals surface area contributed by atoms with E-state index in [1.807, 2.05) is 6.92 Å². The minimum atomic E-state index is -0.599. The van der Waals surface area contributed by atoms with Gasteiger partial charge < -0.3 is 10.1 Å². The number of rotatable bonds is 4. The summed E-state index contributed by atoms with van der Waals surface area (Å²) in [7, 11) is 0. The number of nitrogens with zero attached hydrogens (tertiary/aromatic N) is 2. The second-order valence-electron chi connectivity index (χ2n) is 4.64. The number of nitrogens with one attached hydrogen (secondary N) is 1. The number of morpholine rings is 1. The smallest absolute Gasteiger partial charge is 0.254 e. The molecule has 1 atom stereocenters. The van der Waals surface area contributed by atoms with E-state index in [0.29, 0.717) is 0 Å². The molecule has 2 heterocycles. The van der Waals surface area contributed by atoms with Gasteiger partial charge in [-0.2, -0.15) is 0 Å². The van der Waals surface area contributed by atoms with Gasteiger partial charge in [0, 0.05) is 31.9 Å². The molecule has 0 aliphatic carbocycles. The van der Waals surface area contributed by atoms with Crippen molar-refractivity contribution in [3.63, 3.8) is 0 Å². The van der Waals surface area contributed by atoms with Crippen molar-refractivity contribution in [1.29, 1.82) is 0 Å². The second kappa shape index (κ2) is 6.58. The second-order valence-corrected chi connectivity index (χ2v) is 4.64. The minimum Gasteiger partial charge on any atom is -0.379 e. The number of amides is 1. The highest BCUT2D eigenvalue weighted by molar-refractivity contribution is 5.94. The van der Waals surface area contributed by atoms with Crippen LogP contribution < -0.4 is 5.32 Å². The molecule has 0 radical (unpaired) electrons. The molecular formula is C13H18FN3O2. The third-order valence-electron chi connectivity index (χ3n) is 3.03. The van der Waals surface area contributed by atoms with E-state index in [0.717, 1.165) is 39.0 Å². The monoisotopic (exact) mass is 267 g/mol. The van der Waals surface area contributed by atoms with Gasteiger partial charge in [0.15, 0.2) is 5.82 Å². The minimum absolute atomic E-state index is 0.0313. The Morgan fingerprint density at radius 3 is 3.00 bits per heavy atom. The maximum atomic E-state index is 13.4. The van der Waals surface area contributed by atoms with Crippen LogP contribution in [0.3, 0.4) is 0 Å². The van der Waals surface area contributed by atoms with Gasteiger partial charge in [0.2, 0.25) is 0 Å². The summed E-state index contributed by atoms with van der Waals surface area (Å²) in [6.07, 6.45) is 2.45. The molecule has 19 heavy (non-hydrogen) atoms. The van der Waals surface area contributed by atoms with Crippen molar-refractivity contribution in [3.8, 4) is 0 Å². The summed E-state index contributed by atoms with van der Waals surface area (Å²) in [5, 5.41) is 2.80. The summed E-state index contributed by atoms with van der Waals surface area (Å²) < 4.78 is 18.7. The average Bonchev–Trinajstić information content (AvgIpc) is 2.40. The Balaban J connectivity index is 1.86. The molecule has 0 aromatic carbocycles. The molecule has 0 bridgehead atoms. The third-order valence-corrected chi connectivity index (χ3v) is 3.03. The van der Waals surface area contributed by atoms with Crippen LogP contribution in [0.4, 0.5) is 4.39 Å². The van der Waals surface area contributed by atoms with Crippen LogP contribution in [0.15, 0.2) is 18.5 Å². The topological polar surface area (TPSA) is 54.5 Å². The van der Waals surface area contributed by atoms with Crippen LogP contribution in [-0.2, 0) is 4.74 Å². The zero-order chi connectivity index (χ0) is 13.7. The molecule has 2 rings (SSSR count). The van der Waals surface area contributed by atoms with Crippen LogP contribution in [0.2, 0.25) is 0 Å². The molecule has 1 aliphatic heterocycles. The van der Waals surface area contributed by atoms with Crippen LogP contribution in [0.1, 0.15) is 17.3 Å². The number of carbonyl (C=O) groups is 1. The predicted octanol–water partition coefficient (Wildman–Crippen LogP) is 0.671. The van der Waals surface area contributed by atoms with E-state index in [1.165, 1.54) is 12.3 Å². The molecule has 5 nitrogen and oxygen atoms in total. The molecule has 1 saturated heterocycles. The highest BCUT2D eigenvalue weighted by Crippen LogP contribution is 2.05. The lowest BCUT2D eigenvalue weighted by molar-refractivity contribution is 0.0342. The first-order chi connectivity index (χ1) is 9.16. The fourth-order valence-corrected chi connectivity index (χ4v) is 2.08. The van der Waals surface area contributed by atoms with Crippen LogP contribution in [0.25, 0.3) is 0 Å². The fourth-order valence-electron chi connectivity index (χ4n) is 2.08. The average molecular weight is 267 g/mol. The summed E-state index contributed by atoms with van der Waals surface area (Å²) in [4.78, 5) is 17.7. The summed E-state index contributed by atoms with van der Waals surface area (Å²) in [5.41, 5.74) is 0.0313. The van der Waals surface area contributed by atoms with E-state index in [4.69, 9.17) is 4.74 Å². The maximum Gasteiger partial charge on any atom is 0.254 e. The van der Waals surface area contributed by atoms with Crippen molar-refractivity contribution < 1.29 is 13.9 Å². The first kappa shape index (κ1) is 13.9. The van der Waals surface area contributed by atoms with Crippen molar-refractivity contribution in [2.24, 2.45) is 0 Å². The number of hydrogen-bond acceptors (Lipinski definition) is 4. The lowest BCUT2D eigenvalue weighted by Crippen LogP contribution is -2.46. The third kappa shape index (κ3) is 3.97. The predicted molar refractivity (Wildman–Crippen MR) is 68.4 cm³/mol. The summed E-state index contributed by atoms with van der Waals surface area (Å²) >= 11 is 0. The van der Waals surface area contributed by atoms with Crippen LogP contribution >= 0.6 is 0 Å². The van der Waals surface area contributed by atoms with Gasteiger partial charge in [-0.25, -0.2) is 4.39 Å². The Kier molecular flexibility index (Phi) is 4.81. The van der Waals surface area contributed by atoms with Gasteiger partial charge >= 0.3 is 0 Å². The molecule has 6 heteroatoms. The van der Waals surface area contributed by atoms with Crippen molar-refractivity contribution >= 4 is 5.91 Å². The van der Waals surface area contributed by atoms with Gasteiger partial charge in [-0.1, -0.05) is 0 Å². The molecule has 104 valence electrons. The standard InChI is InChI=1S/C13H18FN3O2/c1-10(9-17-4-6-19-7-5-17)16-13(18)11-2-3-15-8-12(11)14/h2-3,8,10H,4-7,9H2,1H3,(H,16,18). The lowest BCUT2D eigenvalue weighted by Gasteiger charge is -2.29. The van der Waals surface area contributed by atoms with Crippen molar-refractivity contribution in [1.82, 2.24) is 15.2 Å². The van der Waals surface area contributed by atoms with Gasteiger partial charge in [-0.3, -0.25) is 14.7 Å². The van der Waals surface area contributed by atoms with Crippen LogP contribution in [-0.4, -0.2) is 54.7 Å². The van der Waals surface area contributed by atoms with E-state index in [-0.39, 0.29) is 11.6 Å². The molecule has 1 N–H and O–H groups in total. The Hall–Kier alpha value is -1.53. The summed E-state index contributed by atoms with van der Waals surface area (Å²) in [6.45, 7) is 5.82. The molecule has 1 amide bonds. The molecule has 1 fully saturated rings. The molecule has 1 aliphatic rings. The van der Waals surface area contributed by atoms with Crippen LogP contribution in [0.5, 0.6) is 0 Å². The highest BCUT2D eigenvalue weighted by Gasteiger charge is 2.17. The van der Waals surface area contributed by atoms with Gasteiger partial charge in [0.25, 0.3) is 5.91 Å². The maximum absolute atomic E-state index is 13.4. The Morgan fingerprint density at radius 2 is 2.32 bits per heavy atom. The molecule has 1 aromatic rings. The highest BCUT2D eigenvalue weighted by atomic mass is 19.1. The number of pyridine rings is 1. The van der Waals surface area contributed by atoms with E-state index >= 15 is 0 Å². The number of halogens is 1. The first-order valence-electron chi connectivity index (χ1n) is 6.37. The SMILES string of the molecule is CC(CN1CCOCC1)NC(=O)c1ccncc1F. The first-order valence-corrected chi connectivity index (χ1v) is 6.37. The number of aromatic nitrogens is 1. The zero-order valence-corrected chi connectivity index (χ0v) is 10.9. The lowest BCUT2D eigenvalue weighted by atomic mass is 10.2. The Labute approximate surface area is 111 Å². The van der Waals surface area contributed by atoms with Crippen molar-refractivity contribution in [2.75, 3.05) is 32.8 Å². The van der Waals surface area contributed by atoms with E-state index in [9.17, 15) is 9.18 Å². The quantitative estimate of drug-likeness (QED) is 0.871. The normalized spacial score (nSPS) is 18.0. The molecule has 0 spiro atoms. The largest absolute Gasteiger partial charge is 0.379 e. The molecular weight excluding hydrogens is 249 g/mol. The fraction of sp³-hybridized carbons (Fsp3) is 0.538. The summed E-state index contributed by atoms with van der Waals surface area (Å²) in [5.74, 6) is -1.00. The Morgan fingerprint density at radius 1 is 1.58 bits per heavy atom. The van der Waals surface area contributed by atoms with Gasteiger partial charge in [-0.15, -0.1) is 0 Å². The Bertz CT molecular complexity index is 436. The van der Waals surface area contributed by atoms with Gasteiger partial charge in [0.1, 0.15) is 0 Å². The van der Waals surface area contributed by atoms with Crippen molar-refractivity contribution in [3.05, 3.63) is 29.8 Å². The van der Waals surface area contributed by atoms with Crippen molar-refractivity contribution in [2.45, 2.75) is 13.0 Å². The molecule has 1 unspecified atom stereocenters. The zero-order valence-electron chi connectivity index (χ0n) is 10.9. The van der Waals surface area contributed by atoms with E-state index in [1.54, 1.807) is 0 Å². The summed E-state index contributed by atoms with van der Waals surface area (Å²) in [6, 6.07) is 1.34. The molecule has 1 aromatic heterocycles. The number of ether oxygens (including phenoxy) is 1. The van der Waals surface area contributed by atoms with E-state index in [2.05, 4.69) is 15.2 Å². The molecule has 0 saturated carbocycles. The van der Waals surface area contributed by atoms with E-state index < -0.39 is 11.7 Å². The van der Waals surface area contributed by atoms with Gasteiger partial charge in [0.05, 0.1) is 25.0 Å².